The van der Waals surface area contributed by atoms with Crippen LogP contribution in [0.5, 0.6) is 0 Å². The third-order valence-corrected chi connectivity index (χ3v) is 2.54. The third-order valence-electron chi connectivity index (χ3n) is 2.54. The highest BCUT2D eigenvalue weighted by molar-refractivity contribution is 4.81. The molecule has 0 bridgehead atoms. The Kier molecular flexibility index (Phi) is 3.47. The number of alkyl halides is 1. The molecule has 1 aliphatic heterocycles. The maximum Gasteiger partial charge on any atom is 0.120 e. The first-order valence-electron chi connectivity index (χ1n) is 4.74. The number of nitrogens with two attached hydrogens (primary N) is 1. The van der Waals surface area contributed by atoms with Crippen LogP contribution in [0.15, 0.2) is 0 Å². The van der Waals surface area contributed by atoms with E-state index < -0.39 is 5.67 Å². The molecule has 2 unspecified atom stereocenters. The lowest BCUT2D eigenvalue weighted by atomic mass is 9.88. The van der Waals surface area contributed by atoms with Crippen molar-refractivity contribution in [3.05, 3.63) is 0 Å². The van der Waals surface area contributed by atoms with E-state index in [0.29, 0.717) is 12.3 Å². The summed E-state index contributed by atoms with van der Waals surface area (Å²) in [6, 6.07) is 0. The van der Waals surface area contributed by atoms with Gasteiger partial charge in [0.1, 0.15) is 5.67 Å². The lowest BCUT2D eigenvalue weighted by Gasteiger charge is -2.28. The molecule has 0 amide bonds. The Morgan fingerprint density at radius 1 is 1.67 bits per heavy atom. The quantitative estimate of drug-likeness (QED) is 0.671. The van der Waals surface area contributed by atoms with E-state index in [4.69, 9.17) is 5.73 Å². The lowest BCUT2D eigenvalue weighted by molar-refractivity contribution is 0.143. The van der Waals surface area contributed by atoms with Crippen LogP contribution < -0.4 is 11.1 Å². The molecule has 1 rings (SSSR count). The van der Waals surface area contributed by atoms with E-state index in [2.05, 4.69) is 5.32 Å². The Balaban J connectivity index is 2.28. The highest BCUT2D eigenvalue weighted by Gasteiger charge is 2.26. The Labute approximate surface area is 73.7 Å². The van der Waals surface area contributed by atoms with Gasteiger partial charge in [-0.15, -0.1) is 0 Å². The summed E-state index contributed by atoms with van der Waals surface area (Å²) in [6.45, 7) is 3.78. The zero-order chi connectivity index (χ0) is 9.03. The third kappa shape index (κ3) is 3.07. The zero-order valence-corrected chi connectivity index (χ0v) is 7.78. The lowest BCUT2D eigenvalue weighted by Crippen LogP contribution is -2.37. The first kappa shape index (κ1) is 9.93. The predicted molar refractivity (Wildman–Crippen MR) is 48.8 cm³/mol. The average molecular weight is 174 g/mol. The molecule has 3 heteroatoms. The van der Waals surface area contributed by atoms with E-state index in [1.807, 2.05) is 0 Å². The molecule has 0 spiro atoms. The zero-order valence-electron chi connectivity index (χ0n) is 7.78. The highest BCUT2D eigenvalue weighted by Crippen LogP contribution is 2.24. The van der Waals surface area contributed by atoms with E-state index >= 15 is 0 Å². The van der Waals surface area contributed by atoms with E-state index in [1.165, 1.54) is 6.42 Å². The Morgan fingerprint density at radius 3 is 2.92 bits per heavy atom. The second kappa shape index (κ2) is 4.19. The summed E-state index contributed by atoms with van der Waals surface area (Å²) in [5, 5.41) is 3.27. The molecule has 0 radical (unpaired) electrons. The molecule has 0 aromatic heterocycles. The second-order valence-electron chi connectivity index (χ2n) is 4.03. The van der Waals surface area contributed by atoms with Crippen LogP contribution in [0.25, 0.3) is 0 Å². The van der Waals surface area contributed by atoms with Gasteiger partial charge in [-0.1, -0.05) is 0 Å². The van der Waals surface area contributed by atoms with Gasteiger partial charge < -0.3 is 11.1 Å². The van der Waals surface area contributed by atoms with Crippen LogP contribution in [0, 0.1) is 5.92 Å². The van der Waals surface area contributed by atoms with Crippen LogP contribution in [-0.4, -0.2) is 25.3 Å². The molecule has 2 nitrogen and oxygen atoms in total. The van der Waals surface area contributed by atoms with Gasteiger partial charge in [0.15, 0.2) is 0 Å². The molecular weight excluding hydrogens is 155 g/mol. The maximum absolute atomic E-state index is 13.5. The fraction of sp³-hybridized carbons (Fsp3) is 1.00. The molecule has 0 aromatic carbocycles. The van der Waals surface area contributed by atoms with Crippen molar-refractivity contribution in [1.29, 1.82) is 0 Å². The van der Waals surface area contributed by atoms with Crippen molar-refractivity contribution in [3.63, 3.8) is 0 Å². The number of halogens is 1. The first-order chi connectivity index (χ1) is 5.64. The van der Waals surface area contributed by atoms with E-state index in [9.17, 15) is 4.39 Å². The number of rotatable bonds is 3. The van der Waals surface area contributed by atoms with E-state index in [-0.39, 0.29) is 6.54 Å². The summed E-state index contributed by atoms with van der Waals surface area (Å²) >= 11 is 0. The van der Waals surface area contributed by atoms with Gasteiger partial charge in [-0.3, -0.25) is 0 Å². The summed E-state index contributed by atoms with van der Waals surface area (Å²) in [7, 11) is 0. The van der Waals surface area contributed by atoms with Crippen LogP contribution in [0.2, 0.25) is 0 Å². The molecule has 0 aliphatic carbocycles. The van der Waals surface area contributed by atoms with Crippen LogP contribution in [0.3, 0.4) is 0 Å². The van der Waals surface area contributed by atoms with Gasteiger partial charge in [0.05, 0.1) is 0 Å². The molecule has 72 valence electrons. The van der Waals surface area contributed by atoms with Crippen molar-refractivity contribution >= 4 is 0 Å². The van der Waals surface area contributed by atoms with Crippen molar-refractivity contribution in [1.82, 2.24) is 5.32 Å². The van der Waals surface area contributed by atoms with Gasteiger partial charge in [0.2, 0.25) is 0 Å². The Hall–Kier alpha value is -0.150. The molecule has 0 aromatic rings. The Morgan fingerprint density at radius 2 is 2.42 bits per heavy atom. The maximum atomic E-state index is 13.5. The van der Waals surface area contributed by atoms with Crippen molar-refractivity contribution in [2.45, 2.75) is 31.9 Å². The Bertz CT molecular complexity index is 130. The standard InChI is InChI=1S/C9H19FN2/c1-9(10,7-11)5-8-3-2-4-12-6-8/h8,12H,2-7,11H2,1H3. The summed E-state index contributed by atoms with van der Waals surface area (Å²) in [5.41, 5.74) is 4.17. The monoisotopic (exact) mass is 174 g/mol. The SMILES string of the molecule is CC(F)(CN)CC1CCCNC1. The number of hydrogen-bond acceptors (Lipinski definition) is 2. The van der Waals surface area contributed by atoms with Gasteiger partial charge in [-0.05, 0) is 45.2 Å². The van der Waals surface area contributed by atoms with Gasteiger partial charge >= 0.3 is 0 Å². The molecule has 3 N–H and O–H groups in total. The minimum atomic E-state index is -1.16. The smallest absolute Gasteiger partial charge is 0.120 e. The van der Waals surface area contributed by atoms with E-state index in [0.717, 1.165) is 19.5 Å². The van der Waals surface area contributed by atoms with E-state index in [1.54, 1.807) is 6.92 Å². The van der Waals surface area contributed by atoms with Gasteiger partial charge in [0.25, 0.3) is 0 Å². The van der Waals surface area contributed by atoms with Gasteiger partial charge in [-0.2, -0.15) is 0 Å². The van der Waals surface area contributed by atoms with Crippen molar-refractivity contribution in [2.24, 2.45) is 11.7 Å². The molecule has 2 atom stereocenters. The largest absolute Gasteiger partial charge is 0.328 e. The average Bonchev–Trinajstić information content (AvgIpc) is 2.06. The summed E-state index contributed by atoms with van der Waals surface area (Å²) < 4.78 is 13.5. The number of nitrogens with one attached hydrogen (secondary N) is 1. The van der Waals surface area contributed by atoms with Crippen LogP contribution in [0.4, 0.5) is 4.39 Å². The molecule has 1 aliphatic rings. The number of piperidine rings is 1. The number of hydrogen-bond donors (Lipinski definition) is 2. The van der Waals surface area contributed by atoms with Crippen molar-refractivity contribution < 1.29 is 4.39 Å². The van der Waals surface area contributed by atoms with Gasteiger partial charge in [0, 0.05) is 6.54 Å². The highest BCUT2D eigenvalue weighted by atomic mass is 19.1. The van der Waals surface area contributed by atoms with Crippen molar-refractivity contribution in [3.8, 4) is 0 Å². The molecule has 12 heavy (non-hydrogen) atoms. The molecule has 1 heterocycles. The van der Waals surface area contributed by atoms with Crippen molar-refractivity contribution in [2.75, 3.05) is 19.6 Å². The minimum Gasteiger partial charge on any atom is -0.328 e. The second-order valence-corrected chi connectivity index (χ2v) is 4.03. The van der Waals surface area contributed by atoms with Crippen LogP contribution in [-0.2, 0) is 0 Å². The fourth-order valence-corrected chi connectivity index (χ4v) is 1.78. The first-order valence-corrected chi connectivity index (χ1v) is 4.74. The van der Waals surface area contributed by atoms with Crippen LogP contribution in [0.1, 0.15) is 26.2 Å². The van der Waals surface area contributed by atoms with Crippen LogP contribution >= 0.6 is 0 Å². The molecular formula is C9H19FN2. The topological polar surface area (TPSA) is 38.0 Å². The summed E-state index contributed by atoms with van der Waals surface area (Å²) in [5.74, 6) is 0.484. The summed E-state index contributed by atoms with van der Waals surface area (Å²) in [4.78, 5) is 0. The van der Waals surface area contributed by atoms with Gasteiger partial charge in [-0.25, -0.2) is 4.39 Å². The predicted octanol–water partition coefficient (Wildman–Crippen LogP) is 1.06. The molecule has 1 saturated heterocycles. The summed E-state index contributed by atoms with van der Waals surface area (Å²) in [6.07, 6.45) is 2.92. The minimum absolute atomic E-state index is 0.142. The normalized spacial score (nSPS) is 29.8. The fourth-order valence-electron chi connectivity index (χ4n) is 1.78. The molecule has 1 fully saturated rings. The molecule has 0 saturated carbocycles.